The van der Waals surface area contributed by atoms with Crippen molar-refractivity contribution < 1.29 is 29.4 Å². The van der Waals surface area contributed by atoms with E-state index >= 15 is 0 Å². The van der Waals surface area contributed by atoms with Crippen LogP contribution in [0.2, 0.25) is 0 Å². The second-order valence-electron chi connectivity index (χ2n) is 8.97. The lowest BCUT2D eigenvalue weighted by atomic mass is 10.00. The van der Waals surface area contributed by atoms with E-state index in [2.05, 4.69) is 16.0 Å². The van der Waals surface area contributed by atoms with Crippen molar-refractivity contribution in [3.05, 3.63) is 65.7 Å². The van der Waals surface area contributed by atoms with Gasteiger partial charge in [-0.05, 0) is 35.6 Å². The van der Waals surface area contributed by atoms with E-state index in [1.165, 1.54) is 12.1 Å². The maximum Gasteiger partial charge on any atom is 0.326 e. The number of phenols is 1. The molecular weight excluding hydrogens is 464 g/mol. The van der Waals surface area contributed by atoms with Crippen LogP contribution >= 0.6 is 0 Å². The number of phenolic OH excluding ortho intramolecular Hbond substituents is 1. The molecular formula is C26H34N4O6. The fourth-order valence-electron chi connectivity index (χ4n) is 3.63. The first-order valence-corrected chi connectivity index (χ1v) is 11.7. The van der Waals surface area contributed by atoms with Crippen molar-refractivity contribution in [1.82, 2.24) is 16.0 Å². The highest BCUT2D eigenvalue weighted by Crippen LogP contribution is 2.13. The first kappa shape index (κ1) is 28.3. The van der Waals surface area contributed by atoms with Gasteiger partial charge in [-0.25, -0.2) is 4.79 Å². The Morgan fingerprint density at radius 2 is 1.31 bits per heavy atom. The van der Waals surface area contributed by atoms with Crippen LogP contribution in [0.5, 0.6) is 5.75 Å². The predicted molar refractivity (Wildman–Crippen MR) is 134 cm³/mol. The van der Waals surface area contributed by atoms with Crippen LogP contribution in [0.3, 0.4) is 0 Å². The summed E-state index contributed by atoms with van der Waals surface area (Å²) in [4.78, 5) is 50.0. The number of carbonyl (C=O) groups is 4. The van der Waals surface area contributed by atoms with E-state index in [9.17, 15) is 29.4 Å². The molecule has 0 saturated carbocycles. The highest BCUT2D eigenvalue weighted by molar-refractivity contribution is 5.93. The molecule has 0 aliphatic rings. The average Bonchev–Trinajstić information content (AvgIpc) is 2.84. The summed E-state index contributed by atoms with van der Waals surface area (Å²) in [5.41, 5.74) is 6.82. The largest absolute Gasteiger partial charge is 0.508 e. The van der Waals surface area contributed by atoms with Crippen LogP contribution in [-0.2, 0) is 32.0 Å². The summed E-state index contributed by atoms with van der Waals surface area (Å²) in [6, 6.07) is 11.8. The standard InChI is InChI=1S/C26H34N4O6/c1-16(2)12-20(24(33)30-22(26(35)36)14-18-8-10-19(31)11-9-18)29-25(34)21(28-23(32)15-27)13-17-6-4-3-5-7-17/h3-11,16,20-22,31H,12-15,27H2,1-2H3,(H,28,32)(H,29,34)(H,30,33)(H,35,36). The number of carboxylic acid groups (broad SMARTS) is 1. The van der Waals surface area contributed by atoms with Gasteiger partial charge < -0.3 is 31.9 Å². The zero-order chi connectivity index (χ0) is 26.7. The number of nitrogens with two attached hydrogens (primary N) is 1. The number of hydrogen-bond donors (Lipinski definition) is 6. The average molecular weight is 499 g/mol. The smallest absolute Gasteiger partial charge is 0.326 e. The van der Waals surface area contributed by atoms with Crippen molar-refractivity contribution in [2.75, 3.05) is 6.54 Å². The first-order valence-electron chi connectivity index (χ1n) is 11.7. The molecule has 0 aromatic heterocycles. The van der Waals surface area contributed by atoms with Gasteiger partial charge in [-0.2, -0.15) is 0 Å². The summed E-state index contributed by atoms with van der Waals surface area (Å²) in [6.07, 6.45) is 0.436. The lowest BCUT2D eigenvalue weighted by Crippen LogP contribution is -2.57. The normalized spacial score (nSPS) is 13.3. The van der Waals surface area contributed by atoms with E-state index in [-0.39, 0.29) is 37.5 Å². The molecule has 2 aromatic rings. The van der Waals surface area contributed by atoms with Crippen molar-refractivity contribution in [2.24, 2.45) is 11.7 Å². The van der Waals surface area contributed by atoms with E-state index in [1.54, 1.807) is 12.1 Å². The van der Waals surface area contributed by atoms with Crippen LogP contribution in [0.4, 0.5) is 0 Å². The van der Waals surface area contributed by atoms with Crippen molar-refractivity contribution >= 4 is 23.7 Å². The molecule has 10 nitrogen and oxygen atoms in total. The van der Waals surface area contributed by atoms with E-state index in [0.29, 0.717) is 5.56 Å². The summed E-state index contributed by atoms with van der Waals surface area (Å²) >= 11 is 0. The van der Waals surface area contributed by atoms with Gasteiger partial charge in [0.05, 0.1) is 6.54 Å². The van der Waals surface area contributed by atoms with Crippen molar-refractivity contribution in [2.45, 2.75) is 51.2 Å². The van der Waals surface area contributed by atoms with Crippen LogP contribution in [0.25, 0.3) is 0 Å². The van der Waals surface area contributed by atoms with Crippen molar-refractivity contribution in [3.8, 4) is 5.75 Å². The minimum Gasteiger partial charge on any atom is -0.508 e. The monoisotopic (exact) mass is 498 g/mol. The van der Waals surface area contributed by atoms with Gasteiger partial charge in [-0.15, -0.1) is 0 Å². The van der Waals surface area contributed by atoms with Gasteiger partial charge in [0.25, 0.3) is 0 Å². The second kappa shape index (κ2) is 13.8. The second-order valence-corrected chi connectivity index (χ2v) is 8.97. The quantitative estimate of drug-likeness (QED) is 0.236. The molecule has 10 heteroatoms. The van der Waals surface area contributed by atoms with E-state index in [0.717, 1.165) is 5.56 Å². The topological polar surface area (TPSA) is 171 Å². The fourth-order valence-corrected chi connectivity index (χ4v) is 3.63. The van der Waals surface area contributed by atoms with Crippen molar-refractivity contribution in [3.63, 3.8) is 0 Å². The molecule has 0 radical (unpaired) electrons. The summed E-state index contributed by atoms with van der Waals surface area (Å²) in [7, 11) is 0. The number of hydrogen-bond acceptors (Lipinski definition) is 6. The van der Waals surface area contributed by atoms with Crippen molar-refractivity contribution in [1.29, 1.82) is 0 Å². The molecule has 0 heterocycles. The van der Waals surface area contributed by atoms with Gasteiger partial charge in [0.1, 0.15) is 23.9 Å². The lowest BCUT2D eigenvalue weighted by molar-refractivity contribution is -0.142. The molecule has 0 fully saturated rings. The van der Waals surface area contributed by atoms with Crippen LogP contribution in [0.1, 0.15) is 31.4 Å². The number of aromatic hydroxyl groups is 1. The summed E-state index contributed by atoms with van der Waals surface area (Å²) in [5.74, 6) is -2.92. The minimum atomic E-state index is -1.24. The Bertz CT molecular complexity index is 1030. The molecule has 3 atom stereocenters. The molecule has 0 aliphatic heterocycles. The van der Waals surface area contributed by atoms with Gasteiger partial charge in [0.2, 0.25) is 17.7 Å². The Morgan fingerprint density at radius 1 is 0.778 bits per heavy atom. The number of carboxylic acids is 1. The Labute approximate surface area is 210 Å². The first-order chi connectivity index (χ1) is 17.1. The van der Waals surface area contributed by atoms with Gasteiger partial charge in [0.15, 0.2) is 0 Å². The molecule has 2 rings (SSSR count). The van der Waals surface area contributed by atoms with E-state index < -0.39 is 41.8 Å². The third kappa shape index (κ3) is 9.38. The van der Waals surface area contributed by atoms with E-state index in [4.69, 9.17) is 5.73 Å². The third-order valence-electron chi connectivity index (χ3n) is 5.45. The minimum absolute atomic E-state index is 0.00706. The number of carbonyl (C=O) groups excluding carboxylic acids is 3. The number of rotatable bonds is 13. The van der Waals surface area contributed by atoms with Gasteiger partial charge in [-0.3, -0.25) is 14.4 Å². The summed E-state index contributed by atoms with van der Waals surface area (Å²) in [6.45, 7) is 3.44. The molecule has 2 aromatic carbocycles. The summed E-state index contributed by atoms with van der Waals surface area (Å²) in [5, 5.41) is 26.9. The summed E-state index contributed by atoms with van der Waals surface area (Å²) < 4.78 is 0. The highest BCUT2D eigenvalue weighted by atomic mass is 16.4. The number of nitrogens with one attached hydrogen (secondary N) is 3. The fraction of sp³-hybridized carbons (Fsp3) is 0.385. The Kier molecular flexibility index (Phi) is 10.9. The van der Waals surface area contributed by atoms with E-state index in [1.807, 2.05) is 44.2 Å². The Hall–Kier alpha value is -3.92. The van der Waals surface area contributed by atoms with Crippen LogP contribution in [0, 0.1) is 5.92 Å². The zero-order valence-electron chi connectivity index (χ0n) is 20.4. The highest BCUT2D eigenvalue weighted by Gasteiger charge is 2.30. The molecule has 0 bridgehead atoms. The number of benzene rings is 2. The van der Waals surface area contributed by atoms with Gasteiger partial charge in [0, 0.05) is 12.8 Å². The van der Waals surface area contributed by atoms with Gasteiger partial charge in [-0.1, -0.05) is 56.3 Å². The maximum absolute atomic E-state index is 13.2. The van der Waals surface area contributed by atoms with Gasteiger partial charge >= 0.3 is 5.97 Å². The molecule has 0 aliphatic carbocycles. The van der Waals surface area contributed by atoms with Crippen LogP contribution in [-0.4, -0.2) is 58.6 Å². The van der Waals surface area contributed by atoms with Crippen LogP contribution < -0.4 is 21.7 Å². The Morgan fingerprint density at radius 3 is 1.86 bits per heavy atom. The molecule has 0 spiro atoms. The molecule has 7 N–H and O–H groups in total. The molecule has 36 heavy (non-hydrogen) atoms. The Balaban J connectivity index is 2.17. The lowest BCUT2D eigenvalue weighted by Gasteiger charge is -2.25. The molecule has 3 amide bonds. The zero-order valence-corrected chi connectivity index (χ0v) is 20.4. The maximum atomic E-state index is 13.2. The SMILES string of the molecule is CC(C)CC(NC(=O)C(Cc1ccccc1)NC(=O)CN)C(=O)NC(Cc1ccc(O)cc1)C(=O)O. The molecule has 3 unspecified atom stereocenters. The van der Waals surface area contributed by atoms with Crippen LogP contribution in [0.15, 0.2) is 54.6 Å². The molecule has 0 saturated heterocycles. The number of amides is 3. The molecule has 194 valence electrons. The third-order valence-corrected chi connectivity index (χ3v) is 5.45. The predicted octanol–water partition coefficient (Wildman–Crippen LogP) is 0.721. The number of aliphatic carboxylic acids is 1.